The standard InChI is InChI=1S/C26H27N3O4/c1-3-27-23(30)16-33-19-11-9-17(10-12-19)13-18-14-29(4-2)15-21-24(26(31)32)20-7-5-6-8-22(20)28-25(18)21/h5-13H,3-4,14-16H2,1-2H3,(H,27,30)(H,31,32)/b18-13+. The molecule has 1 amide bonds. The summed E-state index contributed by atoms with van der Waals surface area (Å²) in [6.45, 7) is 6.51. The van der Waals surface area contributed by atoms with Crippen molar-refractivity contribution in [3.05, 3.63) is 70.9 Å². The molecule has 2 heterocycles. The summed E-state index contributed by atoms with van der Waals surface area (Å²) >= 11 is 0. The topological polar surface area (TPSA) is 91.8 Å². The Hall–Kier alpha value is -3.71. The van der Waals surface area contributed by atoms with E-state index in [4.69, 9.17) is 9.72 Å². The van der Waals surface area contributed by atoms with Gasteiger partial charge in [0, 0.05) is 30.6 Å². The van der Waals surface area contributed by atoms with Crippen molar-refractivity contribution in [3.63, 3.8) is 0 Å². The van der Waals surface area contributed by atoms with Crippen molar-refractivity contribution in [1.82, 2.24) is 15.2 Å². The third-order valence-corrected chi connectivity index (χ3v) is 5.70. The Morgan fingerprint density at radius 3 is 2.58 bits per heavy atom. The molecule has 1 aromatic heterocycles. The Balaban J connectivity index is 1.70. The van der Waals surface area contributed by atoms with E-state index < -0.39 is 5.97 Å². The number of hydrogen-bond acceptors (Lipinski definition) is 5. The van der Waals surface area contributed by atoms with E-state index in [1.165, 1.54) is 0 Å². The van der Waals surface area contributed by atoms with Gasteiger partial charge in [-0.15, -0.1) is 0 Å². The molecule has 0 fully saturated rings. The zero-order chi connectivity index (χ0) is 23.4. The summed E-state index contributed by atoms with van der Waals surface area (Å²) in [5, 5.41) is 13.4. The minimum atomic E-state index is -0.934. The summed E-state index contributed by atoms with van der Waals surface area (Å²) in [6.07, 6.45) is 2.04. The van der Waals surface area contributed by atoms with Gasteiger partial charge in [-0.25, -0.2) is 9.78 Å². The summed E-state index contributed by atoms with van der Waals surface area (Å²) in [5.41, 5.74) is 4.43. The molecule has 0 aliphatic carbocycles. The highest BCUT2D eigenvalue weighted by atomic mass is 16.5. The molecule has 0 unspecified atom stereocenters. The Labute approximate surface area is 192 Å². The number of carbonyl (C=O) groups excluding carboxylic acids is 1. The minimum absolute atomic E-state index is 0.0257. The average molecular weight is 446 g/mol. The number of aromatic nitrogens is 1. The number of pyridine rings is 1. The lowest BCUT2D eigenvalue weighted by atomic mass is 9.92. The predicted octanol–water partition coefficient (Wildman–Crippen LogP) is 3.82. The smallest absolute Gasteiger partial charge is 0.336 e. The first-order valence-electron chi connectivity index (χ1n) is 11.1. The average Bonchev–Trinajstić information content (AvgIpc) is 2.82. The number of benzene rings is 2. The van der Waals surface area contributed by atoms with Crippen molar-refractivity contribution in [3.8, 4) is 5.75 Å². The molecule has 7 nitrogen and oxygen atoms in total. The SMILES string of the molecule is CCNC(=O)COc1ccc(/C=C2\CN(CC)Cc3c2nc2ccccc2c3C(=O)O)cc1. The van der Waals surface area contributed by atoms with Gasteiger partial charge in [0.15, 0.2) is 6.61 Å². The van der Waals surface area contributed by atoms with E-state index in [9.17, 15) is 14.7 Å². The summed E-state index contributed by atoms with van der Waals surface area (Å²) in [7, 11) is 0. The molecule has 1 aliphatic rings. The third kappa shape index (κ3) is 4.88. The van der Waals surface area contributed by atoms with Crippen LogP contribution in [0.3, 0.4) is 0 Å². The number of carbonyl (C=O) groups is 2. The Kier molecular flexibility index (Phi) is 6.70. The molecular weight excluding hydrogens is 418 g/mol. The van der Waals surface area contributed by atoms with Crippen LogP contribution in [0.2, 0.25) is 0 Å². The molecule has 2 aromatic carbocycles. The molecule has 33 heavy (non-hydrogen) atoms. The van der Waals surface area contributed by atoms with Crippen molar-refractivity contribution in [2.75, 3.05) is 26.2 Å². The van der Waals surface area contributed by atoms with Crippen LogP contribution >= 0.6 is 0 Å². The van der Waals surface area contributed by atoms with E-state index in [2.05, 4.69) is 17.1 Å². The van der Waals surface area contributed by atoms with Crippen molar-refractivity contribution < 1.29 is 19.4 Å². The number of rotatable bonds is 7. The highest BCUT2D eigenvalue weighted by Gasteiger charge is 2.27. The number of nitrogens with zero attached hydrogens (tertiary/aromatic N) is 2. The molecular formula is C26H27N3O4. The van der Waals surface area contributed by atoms with Crippen molar-refractivity contribution in [1.29, 1.82) is 0 Å². The first-order chi connectivity index (χ1) is 16.0. The fraction of sp³-hybridized carbons (Fsp3) is 0.269. The van der Waals surface area contributed by atoms with Crippen LogP contribution in [0.4, 0.5) is 0 Å². The van der Waals surface area contributed by atoms with Gasteiger partial charge >= 0.3 is 5.97 Å². The number of para-hydroxylation sites is 1. The van der Waals surface area contributed by atoms with Gasteiger partial charge in [0.25, 0.3) is 5.91 Å². The highest BCUT2D eigenvalue weighted by molar-refractivity contribution is 6.06. The number of hydrogen-bond donors (Lipinski definition) is 2. The number of aromatic carboxylic acids is 1. The third-order valence-electron chi connectivity index (χ3n) is 5.70. The van der Waals surface area contributed by atoms with Crippen LogP contribution < -0.4 is 10.1 Å². The van der Waals surface area contributed by atoms with E-state index >= 15 is 0 Å². The second kappa shape index (κ2) is 9.83. The number of likely N-dealkylation sites (N-methyl/N-ethyl adjacent to an activating group) is 2. The fourth-order valence-corrected chi connectivity index (χ4v) is 4.11. The maximum atomic E-state index is 12.2. The normalized spacial score (nSPS) is 14.8. The first kappa shape index (κ1) is 22.5. The van der Waals surface area contributed by atoms with Crippen molar-refractivity contribution in [2.45, 2.75) is 20.4 Å². The van der Waals surface area contributed by atoms with E-state index in [0.29, 0.717) is 41.9 Å². The number of fused-ring (bicyclic) bond motifs is 2. The summed E-state index contributed by atoms with van der Waals surface area (Å²) in [6, 6.07) is 14.9. The molecule has 7 heteroatoms. The van der Waals surface area contributed by atoms with E-state index in [0.717, 1.165) is 28.9 Å². The molecule has 0 radical (unpaired) electrons. The highest BCUT2D eigenvalue weighted by Crippen LogP contribution is 2.34. The summed E-state index contributed by atoms with van der Waals surface area (Å²) < 4.78 is 5.53. The van der Waals surface area contributed by atoms with Crippen molar-refractivity contribution in [2.24, 2.45) is 0 Å². The number of amides is 1. The molecule has 0 bridgehead atoms. The number of ether oxygens (including phenoxy) is 1. The molecule has 2 N–H and O–H groups in total. The first-order valence-corrected chi connectivity index (χ1v) is 11.1. The molecule has 170 valence electrons. The lowest BCUT2D eigenvalue weighted by Gasteiger charge is -2.30. The van der Waals surface area contributed by atoms with Gasteiger partial charge in [-0.2, -0.15) is 0 Å². The molecule has 0 saturated heterocycles. The van der Waals surface area contributed by atoms with Gasteiger partial charge in [-0.05, 0) is 48.9 Å². The predicted molar refractivity (Wildman–Crippen MR) is 128 cm³/mol. The Morgan fingerprint density at radius 2 is 1.88 bits per heavy atom. The Bertz CT molecular complexity index is 1220. The van der Waals surface area contributed by atoms with Gasteiger partial charge in [0.1, 0.15) is 5.75 Å². The molecule has 0 atom stereocenters. The summed E-state index contributed by atoms with van der Waals surface area (Å²) in [4.78, 5) is 30.9. The zero-order valence-corrected chi connectivity index (χ0v) is 18.8. The lowest BCUT2D eigenvalue weighted by molar-refractivity contribution is -0.122. The molecule has 1 aliphatic heterocycles. The quantitative estimate of drug-likeness (QED) is 0.574. The van der Waals surface area contributed by atoms with Gasteiger partial charge in [-0.1, -0.05) is 37.3 Å². The van der Waals surface area contributed by atoms with Crippen LogP contribution in [0.1, 0.15) is 41.0 Å². The van der Waals surface area contributed by atoms with E-state index in [-0.39, 0.29) is 12.5 Å². The second-order valence-corrected chi connectivity index (χ2v) is 7.92. The van der Waals surface area contributed by atoms with Crippen LogP contribution in [0.15, 0.2) is 48.5 Å². The van der Waals surface area contributed by atoms with E-state index in [1.807, 2.05) is 61.5 Å². The van der Waals surface area contributed by atoms with Crippen LogP contribution in [-0.4, -0.2) is 53.1 Å². The molecule has 0 saturated carbocycles. The van der Waals surface area contributed by atoms with Crippen LogP contribution in [0.25, 0.3) is 22.6 Å². The van der Waals surface area contributed by atoms with Gasteiger partial charge in [0.2, 0.25) is 0 Å². The van der Waals surface area contributed by atoms with Crippen molar-refractivity contribution >= 4 is 34.4 Å². The van der Waals surface area contributed by atoms with E-state index in [1.54, 1.807) is 0 Å². The maximum absolute atomic E-state index is 12.2. The summed E-state index contributed by atoms with van der Waals surface area (Å²) in [5.74, 6) is -0.481. The second-order valence-electron chi connectivity index (χ2n) is 7.92. The number of nitrogens with one attached hydrogen (secondary N) is 1. The van der Waals surface area contributed by atoms with Crippen LogP contribution in [0, 0.1) is 0 Å². The fourth-order valence-electron chi connectivity index (χ4n) is 4.11. The van der Waals surface area contributed by atoms with Crippen LogP contribution in [-0.2, 0) is 11.3 Å². The molecule has 4 rings (SSSR count). The minimum Gasteiger partial charge on any atom is -0.484 e. The van der Waals surface area contributed by atoms with Gasteiger partial charge < -0.3 is 15.2 Å². The van der Waals surface area contributed by atoms with Crippen LogP contribution in [0.5, 0.6) is 5.75 Å². The van der Waals surface area contributed by atoms with Gasteiger partial charge in [0.05, 0.1) is 16.8 Å². The number of carboxylic acids is 1. The zero-order valence-electron chi connectivity index (χ0n) is 18.8. The maximum Gasteiger partial charge on any atom is 0.336 e. The molecule has 0 spiro atoms. The number of carboxylic acid groups (broad SMARTS) is 1. The monoisotopic (exact) mass is 445 g/mol. The largest absolute Gasteiger partial charge is 0.484 e. The van der Waals surface area contributed by atoms with Gasteiger partial charge in [-0.3, -0.25) is 9.69 Å². The Morgan fingerprint density at radius 1 is 1.12 bits per heavy atom. The molecule has 3 aromatic rings. The lowest BCUT2D eigenvalue weighted by Crippen LogP contribution is -2.31.